The van der Waals surface area contributed by atoms with E-state index in [1.54, 1.807) is 0 Å². The van der Waals surface area contributed by atoms with Crippen molar-refractivity contribution >= 4 is 21.6 Å². The number of halogens is 1. The Morgan fingerprint density at radius 1 is 1.31 bits per heavy atom. The Bertz CT molecular complexity index is 349. The second-order valence-corrected chi connectivity index (χ2v) is 4.80. The van der Waals surface area contributed by atoms with Crippen molar-refractivity contribution in [2.75, 3.05) is 31.2 Å². The fourth-order valence-electron chi connectivity index (χ4n) is 1.95. The van der Waals surface area contributed by atoms with Gasteiger partial charge in [-0.15, -0.1) is 0 Å². The van der Waals surface area contributed by atoms with Crippen molar-refractivity contribution in [3.05, 3.63) is 28.2 Å². The zero-order chi connectivity index (χ0) is 11.4. The van der Waals surface area contributed by atoms with E-state index in [0.29, 0.717) is 0 Å². The molecule has 1 aromatic rings. The molecule has 1 saturated heterocycles. The summed E-state index contributed by atoms with van der Waals surface area (Å²) in [5.74, 6) is 0. The average molecular weight is 286 g/mol. The van der Waals surface area contributed by atoms with Crippen LogP contribution in [0.1, 0.15) is 12.0 Å². The molecular formula is C12H16BrNO2. The lowest BCUT2D eigenvalue weighted by Crippen LogP contribution is -2.26. The second-order valence-electron chi connectivity index (χ2n) is 3.88. The van der Waals surface area contributed by atoms with Crippen LogP contribution in [0, 0.1) is 0 Å². The quantitative estimate of drug-likeness (QED) is 0.904. The van der Waals surface area contributed by atoms with Crippen molar-refractivity contribution in [2.24, 2.45) is 0 Å². The van der Waals surface area contributed by atoms with E-state index < -0.39 is 0 Å². The molecule has 0 aromatic heterocycles. The molecule has 0 radical (unpaired) electrons. The molecule has 2 rings (SSSR count). The van der Waals surface area contributed by atoms with Crippen LogP contribution in [0.3, 0.4) is 0 Å². The Morgan fingerprint density at radius 2 is 2.19 bits per heavy atom. The number of anilines is 1. The minimum absolute atomic E-state index is 0.0833. The summed E-state index contributed by atoms with van der Waals surface area (Å²) in [6.07, 6.45) is 1.04. The van der Waals surface area contributed by atoms with Crippen LogP contribution in [0.25, 0.3) is 0 Å². The highest BCUT2D eigenvalue weighted by molar-refractivity contribution is 9.10. The third-order valence-electron chi connectivity index (χ3n) is 2.78. The number of aliphatic hydroxyl groups is 1. The Kier molecular flexibility index (Phi) is 4.21. The molecule has 0 saturated carbocycles. The normalized spacial score (nSPS) is 17.2. The fourth-order valence-corrected chi connectivity index (χ4v) is 2.30. The molecule has 1 aromatic carbocycles. The fraction of sp³-hybridized carbons (Fsp3) is 0.500. The molecule has 1 aliphatic rings. The molecule has 3 nitrogen and oxygen atoms in total. The number of rotatable bonds is 2. The number of hydrogen-bond acceptors (Lipinski definition) is 3. The molecule has 88 valence electrons. The number of benzene rings is 1. The van der Waals surface area contributed by atoms with Crippen LogP contribution in [0.5, 0.6) is 0 Å². The lowest BCUT2D eigenvalue weighted by atomic mass is 10.1. The predicted molar refractivity (Wildman–Crippen MR) is 67.7 cm³/mol. The summed E-state index contributed by atoms with van der Waals surface area (Å²) in [6.45, 7) is 3.56. The monoisotopic (exact) mass is 285 g/mol. The molecule has 1 fully saturated rings. The van der Waals surface area contributed by atoms with Crippen LogP contribution < -0.4 is 4.90 Å². The van der Waals surface area contributed by atoms with Crippen LogP contribution in [-0.4, -0.2) is 31.4 Å². The van der Waals surface area contributed by atoms with E-state index in [4.69, 9.17) is 4.74 Å². The van der Waals surface area contributed by atoms with Gasteiger partial charge in [0, 0.05) is 35.4 Å². The van der Waals surface area contributed by atoms with Gasteiger partial charge in [-0.05, 0) is 18.6 Å². The average Bonchev–Trinajstić information content (AvgIpc) is 2.57. The van der Waals surface area contributed by atoms with E-state index in [0.717, 1.165) is 48.4 Å². The van der Waals surface area contributed by atoms with E-state index in [2.05, 4.69) is 26.9 Å². The first-order valence-electron chi connectivity index (χ1n) is 5.53. The molecule has 0 bridgehead atoms. The largest absolute Gasteiger partial charge is 0.392 e. The Balaban J connectivity index is 2.25. The van der Waals surface area contributed by atoms with Crippen LogP contribution in [0.4, 0.5) is 5.69 Å². The molecule has 16 heavy (non-hydrogen) atoms. The highest BCUT2D eigenvalue weighted by Crippen LogP contribution is 2.26. The maximum absolute atomic E-state index is 9.34. The van der Waals surface area contributed by atoms with Gasteiger partial charge in [0.05, 0.1) is 13.2 Å². The van der Waals surface area contributed by atoms with E-state index >= 15 is 0 Å². The molecule has 0 atom stereocenters. The standard InChI is InChI=1S/C12H16BrNO2/c13-11-3-2-10(9-15)12(8-11)14-4-1-6-16-7-5-14/h2-3,8,15H,1,4-7,9H2. The lowest BCUT2D eigenvalue weighted by Gasteiger charge is -2.24. The summed E-state index contributed by atoms with van der Waals surface area (Å²) in [5.41, 5.74) is 2.09. The molecule has 1 aliphatic heterocycles. The number of nitrogens with zero attached hydrogens (tertiary/aromatic N) is 1. The van der Waals surface area contributed by atoms with Gasteiger partial charge in [-0.3, -0.25) is 0 Å². The first-order chi connectivity index (χ1) is 7.81. The van der Waals surface area contributed by atoms with E-state index in [9.17, 15) is 5.11 Å². The first kappa shape index (κ1) is 11.9. The van der Waals surface area contributed by atoms with Crippen LogP contribution >= 0.6 is 15.9 Å². The van der Waals surface area contributed by atoms with Gasteiger partial charge in [0.15, 0.2) is 0 Å². The van der Waals surface area contributed by atoms with Crippen molar-refractivity contribution in [2.45, 2.75) is 13.0 Å². The summed E-state index contributed by atoms with van der Waals surface area (Å²) >= 11 is 3.47. The number of ether oxygens (including phenoxy) is 1. The van der Waals surface area contributed by atoms with Crippen LogP contribution in [0.2, 0.25) is 0 Å². The highest BCUT2D eigenvalue weighted by atomic mass is 79.9. The summed E-state index contributed by atoms with van der Waals surface area (Å²) in [4.78, 5) is 2.28. The molecule has 0 unspecified atom stereocenters. The molecule has 4 heteroatoms. The Hall–Kier alpha value is -0.580. The van der Waals surface area contributed by atoms with Crippen molar-refractivity contribution in [1.29, 1.82) is 0 Å². The van der Waals surface area contributed by atoms with Crippen molar-refractivity contribution in [1.82, 2.24) is 0 Å². The molecule has 0 amide bonds. The smallest absolute Gasteiger partial charge is 0.0702 e. The Labute approximate surface area is 104 Å². The SMILES string of the molecule is OCc1ccc(Br)cc1N1CCCOCC1. The van der Waals surface area contributed by atoms with Gasteiger partial charge in [-0.1, -0.05) is 22.0 Å². The van der Waals surface area contributed by atoms with Crippen molar-refractivity contribution in [3.8, 4) is 0 Å². The van der Waals surface area contributed by atoms with Gasteiger partial charge >= 0.3 is 0 Å². The van der Waals surface area contributed by atoms with Gasteiger partial charge in [0.2, 0.25) is 0 Å². The predicted octanol–water partition coefficient (Wildman–Crippen LogP) is 2.17. The summed E-state index contributed by atoms with van der Waals surface area (Å²) in [6, 6.07) is 5.99. The third-order valence-corrected chi connectivity index (χ3v) is 3.27. The molecule has 1 heterocycles. The topological polar surface area (TPSA) is 32.7 Å². The summed E-state index contributed by atoms with van der Waals surface area (Å²) in [5, 5.41) is 9.34. The van der Waals surface area contributed by atoms with E-state index in [1.807, 2.05) is 12.1 Å². The van der Waals surface area contributed by atoms with Crippen LogP contribution in [-0.2, 0) is 11.3 Å². The van der Waals surface area contributed by atoms with Gasteiger partial charge in [-0.2, -0.15) is 0 Å². The molecule has 1 N–H and O–H groups in total. The highest BCUT2D eigenvalue weighted by Gasteiger charge is 2.13. The van der Waals surface area contributed by atoms with Gasteiger partial charge in [0.1, 0.15) is 0 Å². The molecular weight excluding hydrogens is 270 g/mol. The Morgan fingerprint density at radius 3 is 3.00 bits per heavy atom. The lowest BCUT2D eigenvalue weighted by molar-refractivity contribution is 0.152. The minimum Gasteiger partial charge on any atom is -0.392 e. The molecule has 0 spiro atoms. The van der Waals surface area contributed by atoms with Crippen LogP contribution in [0.15, 0.2) is 22.7 Å². The zero-order valence-corrected chi connectivity index (χ0v) is 10.7. The zero-order valence-electron chi connectivity index (χ0n) is 9.16. The summed E-state index contributed by atoms with van der Waals surface area (Å²) in [7, 11) is 0. The minimum atomic E-state index is 0.0833. The van der Waals surface area contributed by atoms with Crippen molar-refractivity contribution in [3.63, 3.8) is 0 Å². The van der Waals surface area contributed by atoms with Crippen molar-refractivity contribution < 1.29 is 9.84 Å². The van der Waals surface area contributed by atoms with E-state index in [1.165, 1.54) is 0 Å². The maximum Gasteiger partial charge on any atom is 0.0702 e. The summed E-state index contributed by atoms with van der Waals surface area (Å²) < 4.78 is 6.48. The number of aliphatic hydroxyl groups excluding tert-OH is 1. The third kappa shape index (κ3) is 2.75. The van der Waals surface area contributed by atoms with Gasteiger partial charge < -0.3 is 14.7 Å². The first-order valence-corrected chi connectivity index (χ1v) is 6.32. The maximum atomic E-state index is 9.34. The van der Waals surface area contributed by atoms with Gasteiger partial charge in [-0.25, -0.2) is 0 Å². The second kappa shape index (κ2) is 5.66. The molecule has 0 aliphatic carbocycles. The van der Waals surface area contributed by atoms with E-state index in [-0.39, 0.29) is 6.61 Å². The van der Waals surface area contributed by atoms with Gasteiger partial charge in [0.25, 0.3) is 0 Å². The number of hydrogen-bond donors (Lipinski definition) is 1.